The number of aryl methyl sites for hydroxylation is 1. The zero-order valence-corrected chi connectivity index (χ0v) is 10.8. The van der Waals surface area contributed by atoms with Crippen LogP contribution in [0.25, 0.3) is 11.4 Å². The predicted octanol–water partition coefficient (Wildman–Crippen LogP) is 1.27. The third kappa shape index (κ3) is 2.13. The van der Waals surface area contributed by atoms with Crippen LogP contribution in [0.4, 0.5) is 0 Å². The first kappa shape index (κ1) is 12.3. The van der Waals surface area contributed by atoms with Gasteiger partial charge in [0.1, 0.15) is 5.54 Å². The molecule has 1 aliphatic heterocycles. The highest BCUT2D eigenvalue weighted by atomic mass is 16.5. The molecule has 3 rings (SSSR count). The molecule has 0 amide bonds. The number of ether oxygens (including phenoxy) is 1. The maximum absolute atomic E-state index is 6.21. The van der Waals surface area contributed by atoms with Gasteiger partial charge in [0.2, 0.25) is 11.7 Å². The molecule has 0 aliphatic carbocycles. The molecule has 0 bridgehead atoms. The quantitative estimate of drug-likeness (QED) is 0.894. The molecule has 0 aromatic carbocycles. The second-order valence-corrected chi connectivity index (χ2v) is 4.77. The molecule has 1 atom stereocenters. The van der Waals surface area contributed by atoms with E-state index in [0.29, 0.717) is 31.3 Å². The second-order valence-electron chi connectivity index (χ2n) is 4.77. The van der Waals surface area contributed by atoms with Gasteiger partial charge in [0.05, 0.1) is 6.61 Å². The van der Waals surface area contributed by atoms with Gasteiger partial charge >= 0.3 is 0 Å². The molecule has 2 aromatic rings. The number of rotatable bonds is 3. The number of hydrogen-bond acceptors (Lipinski definition) is 6. The zero-order chi connectivity index (χ0) is 13.3. The molecule has 6 heteroatoms. The van der Waals surface area contributed by atoms with Crippen LogP contribution in [-0.2, 0) is 16.7 Å². The van der Waals surface area contributed by atoms with Gasteiger partial charge in [-0.15, -0.1) is 0 Å². The van der Waals surface area contributed by atoms with E-state index in [4.69, 9.17) is 15.0 Å². The molecule has 0 saturated carbocycles. The van der Waals surface area contributed by atoms with Gasteiger partial charge in [0, 0.05) is 24.6 Å². The zero-order valence-electron chi connectivity index (χ0n) is 10.8. The van der Waals surface area contributed by atoms with E-state index in [1.54, 1.807) is 6.20 Å². The standard InChI is InChI=1S/C13H16N4O2/c1-2-9-7-15-5-3-10(9)11-16-12(19-17-11)13(14)4-6-18-8-13/h3,5,7H,2,4,6,8,14H2,1H3. The molecule has 1 aliphatic rings. The molecule has 2 N–H and O–H groups in total. The highest BCUT2D eigenvalue weighted by molar-refractivity contribution is 5.58. The Labute approximate surface area is 111 Å². The second kappa shape index (κ2) is 4.71. The van der Waals surface area contributed by atoms with Crippen molar-refractivity contribution < 1.29 is 9.26 Å². The van der Waals surface area contributed by atoms with Crippen LogP contribution < -0.4 is 5.73 Å². The Morgan fingerprint density at radius 1 is 1.47 bits per heavy atom. The lowest BCUT2D eigenvalue weighted by Gasteiger charge is -2.15. The van der Waals surface area contributed by atoms with E-state index in [1.807, 2.05) is 12.3 Å². The summed E-state index contributed by atoms with van der Waals surface area (Å²) in [6, 6.07) is 1.89. The maximum Gasteiger partial charge on any atom is 0.249 e. The van der Waals surface area contributed by atoms with E-state index in [9.17, 15) is 0 Å². The molecule has 1 unspecified atom stereocenters. The lowest BCUT2D eigenvalue weighted by Crippen LogP contribution is -2.37. The van der Waals surface area contributed by atoms with Crippen molar-refractivity contribution in [2.45, 2.75) is 25.3 Å². The van der Waals surface area contributed by atoms with Crippen molar-refractivity contribution in [3.63, 3.8) is 0 Å². The fourth-order valence-electron chi connectivity index (χ4n) is 2.21. The van der Waals surface area contributed by atoms with Crippen molar-refractivity contribution in [1.29, 1.82) is 0 Å². The average molecular weight is 260 g/mol. The topological polar surface area (TPSA) is 87.1 Å². The van der Waals surface area contributed by atoms with E-state index in [1.165, 1.54) is 0 Å². The third-order valence-corrected chi connectivity index (χ3v) is 3.43. The first-order chi connectivity index (χ1) is 9.23. The van der Waals surface area contributed by atoms with Gasteiger partial charge in [-0.25, -0.2) is 0 Å². The molecule has 6 nitrogen and oxygen atoms in total. The fraction of sp³-hybridized carbons (Fsp3) is 0.462. The number of nitrogens with two attached hydrogens (primary N) is 1. The minimum absolute atomic E-state index is 0.422. The van der Waals surface area contributed by atoms with E-state index >= 15 is 0 Å². The first-order valence-corrected chi connectivity index (χ1v) is 6.37. The molecule has 2 aromatic heterocycles. The molecule has 19 heavy (non-hydrogen) atoms. The van der Waals surface area contributed by atoms with Crippen molar-refractivity contribution in [2.24, 2.45) is 5.73 Å². The van der Waals surface area contributed by atoms with Crippen LogP contribution in [0.15, 0.2) is 23.0 Å². The fourth-order valence-corrected chi connectivity index (χ4v) is 2.21. The number of nitrogens with zero attached hydrogens (tertiary/aromatic N) is 3. The summed E-state index contributed by atoms with van der Waals surface area (Å²) < 4.78 is 10.6. The first-order valence-electron chi connectivity index (χ1n) is 6.37. The average Bonchev–Trinajstić information content (AvgIpc) is 3.08. The summed E-state index contributed by atoms with van der Waals surface area (Å²) in [7, 11) is 0. The van der Waals surface area contributed by atoms with Crippen LogP contribution >= 0.6 is 0 Å². The molecule has 0 radical (unpaired) electrons. The van der Waals surface area contributed by atoms with Gasteiger partial charge in [0.15, 0.2) is 0 Å². The Bertz CT molecular complexity index is 576. The minimum atomic E-state index is -0.648. The van der Waals surface area contributed by atoms with E-state index in [-0.39, 0.29) is 0 Å². The summed E-state index contributed by atoms with van der Waals surface area (Å²) in [4.78, 5) is 8.54. The Morgan fingerprint density at radius 2 is 2.37 bits per heavy atom. The highest BCUT2D eigenvalue weighted by Gasteiger charge is 2.38. The van der Waals surface area contributed by atoms with Crippen LogP contribution in [0, 0.1) is 0 Å². The van der Waals surface area contributed by atoms with Crippen LogP contribution in [0.1, 0.15) is 24.8 Å². The predicted molar refractivity (Wildman–Crippen MR) is 68.2 cm³/mol. The summed E-state index contributed by atoms with van der Waals surface area (Å²) in [5, 5.41) is 4.04. The maximum atomic E-state index is 6.21. The van der Waals surface area contributed by atoms with Crippen LogP contribution in [0.3, 0.4) is 0 Å². The van der Waals surface area contributed by atoms with Crippen LogP contribution in [0.2, 0.25) is 0 Å². The lowest BCUT2D eigenvalue weighted by molar-refractivity contribution is 0.166. The van der Waals surface area contributed by atoms with Crippen molar-refractivity contribution in [1.82, 2.24) is 15.1 Å². The van der Waals surface area contributed by atoms with E-state index in [0.717, 1.165) is 17.5 Å². The highest BCUT2D eigenvalue weighted by Crippen LogP contribution is 2.28. The van der Waals surface area contributed by atoms with Gasteiger partial charge in [-0.05, 0) is 24.5 Å². The number of aromatic nitrogens is 3. The Hall–Kier alpha value is -1.79. The smallest absolute Gasteiger partial charge is 0.249 e. The summed E-state index contributed by atoms with van der Waals surface area (Å²) in [5.74, 6) is 1.00. The number of hydrogen-bond donors (Lipinski definition) is 1. The van der Waals surface area contributed by atoms with Crippen molar-refractivity contribution in [3.8, 4) is 11.4 Å². The summed E-state index contributed by atoms with van der Waals surface area (Å²) in [5.41, 5.74) is 7.59. The molecular formula is C13H16N4O2. The third-order valence-electron chi connectivity index (χ3n) is 3.43. The largest absolute Gasteiger partial charge is 0.379 e. The molecule has 100 valence electrons. The van der Waals surface area contributed by atoms with Gasteiger partial charge < -0.3 is 15.0 Å². The van der Waals surface area contributed by atoms with Crippen LogP contribution in [-0.4, -0.2) is 28.3 Å². The SMILES string of the molecule is CCc1cnccc1-c1noc(C2(N)CCOC2)n1. The van der Waals surface area contributed by atoms with E-state index < -0.39 is 5.54 Å². The van der Waals surface area contributed by atoms with Crippen molar-refractivity contribution >= 4 is 0 Å². The molecule has 1 saturated heterocycles. The minimum Gasteiger partial charge on any atom is -0.379 e. The van der Waals surface area contributed by atoms with Gasteiger partial charge in [-0.3, -0.25) is 4.98 Å². The Balaban J connectivity index is 1.97. The van der Waals surface area contributed by atoms with Crippen molar-refractivity contribution in [3.05, 3.63) is 29.9 Å². The van der Waals surface area contributed by atoms with Gasteiger partial charge in [-0.1, -0.05) is 12.1 Å². The lowest BCUT2D eigenvalue weighted by atomic mass is 10.0. The Morgan fingerprint density at radius 3 is 3.11 bits per heavy atom. The Kier molecular flexibility index (Phi) is 3.04. The molecule has 3 heterocycles. The monoisotopic (exact) mass is 260 g/mol. The van der Waals surface area contributed by atoms with Gasteiger partial charge in [-0.2, -0.15) is 4.98 Å². The molecular weight excluding hydrogens is 244 g/mol. The molecule has 0 spiro atoms. The summed E-state index contributed by atoms with van der Waals surface area (Å²) >= 11 is 0. The number of pyridine rings is 1. The summed E-state index contributed by atoms with van der Waals surface area (Å²) in [6.07, 6.45) is 5.11. The summed E-state index contributed by atoms with van der Waals surface area (Å²) in [6.45, 7) is 3.12. The molecule has 1 fully saturated rings. The van der Waals surface area contributed by atoms with Crippen LogP contribution in [0.5, 0.6) is 0 Å². The van der Waals surface area contributed by atoms with Crippen molar-refractivity contribution in [2.75, 3.05) is 13.2 Å². The van der Waals surface area contributed by atoms with Gasteiger partial charge in [0.25, 0.3) is 0 Å². The normalized spacial score (nSPS) is 22.8. The van der Waals surface area contributed by atoms with E-state index in [2.05, 4.69) is 22.0 Å².